The predicted molar refractivity (Wildman–Crippen MR) is 117 cm³/mol. The molecule has 0 spiro atoms. The van der Waals surface area contributed by atoms with Gasteiger partial charge in [-0.15, -0.1) is 12.4 Å². The molecule has 0 radical (unpaired) electrons. The molecule has 0 aromatic heterocycles. The van der Waals surface area contributed by atoms with E-state index >= 15 is 0 Å². The van der Waals surface area contributed by atoms with Gasteiger partial charge in [0.25, 0.3) is 5.91 Å². The van der Waals surface area contributed by atoms with E-state index in [1.807, 2.05) is 19.1 Å². The number of phenols is 2. The lowest BCUT2D eigenvalue weighted by Gasteiger charge is -2.40. The number of phenolic OH excluding ortho intramolecular Hbond substituents is 2. The summed E-state index contributed by atoms with van der Waals surface area (Å²) in [6, 6.07) is 10.6. The molecule has 1 fully saturated rings. The van der Waals surface area contributed by atoms with Crippen LogP contribution in [0.4, 0.5) is 0 Å². The summed E-state index contributed by atoms with van der Waals surface area (Å²) >= 11 is 0. The minimum atomic E-state index is -0.212. The fourth-order valence-corrected chi connectivity index (χ4v) is 4.58. The molecule has 0 aliphatic carbocycles. The van der Waals surface area contributed by atoms with Crippen molar-refractivity contribution in [2.24, 2.45) is 11.7 Å². The van der Waals surface area contributed by atoms with Crippen molar-refractivity contribution in [3.63, 3.8) is 0 Å². The number of carbonyl (C=O) groups is 1. The zero-order chi connectivity index (χ0) is 20.5. The number of para-hydroxylation sites is 1. The topological polar surface area (TPSA) is 96.0 Å². The van der Waals surface area contributed by atoms with E-state index in [4.69, 9.17) is 10.5 Å². The Balaban J connectivity index is 0.00000256. The lowest BCUT2D eigenvalue weighted by Crippen LogP contribution is -2.44. The van der Waals surface area contributed by atoms with Gasteiger partial charge in [0.2, 0.25) is 0 Å². The molecule has 1 saturated heterocycles. The number of nitrogens with zero attached hydrogens (tertiary/aromatic N) is 1. The van der Waals surface area contributed by atoms with E-state index in [0.717, 1.165) is 29.5 Å². The van der Waals surface area contributed by atoms with Gasteiger partial charge >= 0.3 is 0 Å². The quantitative estimate of drug-likeness (QED) is 0.691. The highest BCUT2D eigenvalue weighted by Crippen LogP contribution is 2.40. The van der Waals surface area contributed by atoms with Gasteiger partial charge in [0, 0.05) is 31.6 Å². The van der Waals surface area contributed by atoms with E-state index in [1.165, 1.54) is 6.07 Å². The number of piperidine rings is 1. The van der Waals surface area contributed by atoms with E-state index in [9.17, 15) is 15.0 Å². The van der Waals surface area contributed by atoms with Crippen LogP contribution in [0.1, 0.15) is 46.0 Å². The van der Waals surface area contributed by atoms with Crippen molar-refractivity contribution in [1.29, 1.82) is 0 Å². The van der Waals surface area contributed by atoms with Gasteiger partial charge in [-0.25, -0.2) is 0 Å². The molecule has 2 aliphatic rings. The molecule has 7 heteroatoms. The van der Waals surface area contributed by atoms with E-state index in [1.54, 1.807) is 23.1 Å². The third-order valence-corrected chi connectivity index (χ3v) is 6.31. The monoisotopic (exact) mass is 432 g/mol. The molecule has 2 aromatic carbocycles. The number of amides is 1. The van der Waals surface area contributed by atoms with Crippen LogP contribution in [0, 0.1) is 12.8 Å². The molecule has 30 heavy (non-hydrogen) atoms. The Morgan fingerprint density at radius 3 is 2.53 bits per heavy atom. The molecule has 2 aromatic rings. The van der Waals surface area contributed by atoms with Gasteiger partial charge in [-0.3, -0.25) is 4.79 Å². The number of halogens is 1. The average Bonchev–Trinajstić information content (AvgIpc) is 2.75. The van der Waals surface area contributed by atoms with Gasteiger partial charge in [-0.2, -0.15) is 0 Å². The number of fused-ring (bicyclic) bond motifs is 1. The first-order chi connectivity index (χ1) is 14.0. The van der Waals surface area contributed by atoms with E-state index in [2.05, 4.69) is 0 Å². The van der Waals surface area contributed by atoms with Crippen LogP contribution in [-0.4, -0.2) is 46.8 Å². The first-order valence-corrected chi connectivity index (χ1v) is 10.2. The minimum absolute atomic E-state index is 0. The molecule has 0 bridgehead atoms. The van der Waals surface area contributed by atoms with Gasteiger partial charge in [0.15, 0.2) is 0 Å². The molecule has 4 N–H and O–H groups in total. The summed E-state index contributed by atoms with van der Waals surface area (Å²) in [4.78, 5) is 14.5. The fourth-order valence-electron chi connectivity index (χ4n) is 4.58. The third-order valence-electron chi connectivity index (χ3n) is 6.31. The summed E-state index contributed by atoms with van der Waals surface area (Å²) in [5, 5.41) is 20.5. The first-order valence-electron chi connectivity index (χ1n) is 10.2. The van der Waals surface area contributed by atoms with Crippen molar-refractivity contribution in [2.75, 3.05) is 19.6 Å². The Morgan fingerprint density at radius 1 is 1.17 bits per heavy atom. The number of likely N-dealkylation sites (tertiary alicyclic amines) is 1. The van der Waals surface area contributed by atoms with Gasteiger partial charge in [-0.05, 0) is 48.9 Å². The molecule has 6 nitrogen and oxygen atoms in total. The second-order valence-corrected chi connectivity index (χ2v) is 8.05. The smallest absolute Gasteiger partial charge is 0.257 e. The summed E-state index contributed by atoms with van der Waals surface area (Å²) in [5.41, 5.74) is 9.10. The van der Waals surface area contributed by atoms with Gasteiger partial charge in [-0.1, -0.05) is 24.3 Å². The third kappa shape index (κ3) is 4.13. The van der Waals surface area contributed by atoms with Crippen molar-refractivity contribution in [3.05, 3.63) is 58.7 Å². The standard InChI is InChI=1S/C23H28N2O4.ClH/c1-14-6-7-16-18(22(14)27)12-20(29-21(16)13-24)15-8-10-25(11-9-15)23(28)17-4-2-3-5-19(17)26;/h2-7,15,20-21,26-27H,8-13,24H2,1H3;1H/t20-,21-;/m0./s1. The van der Waals surface area contributed by atoms with Gasteiger partial charge in [0.1, 0.15) is 11.5 Å². The van der Waals surface area contributed by atoms with Crippen LogP contribution in [0.25, 0.3) is 0 Å². The molecular formula is C23H29ClN2O4. The normalized spacial score (nSPS) is 21.6. The molecule has 1 amide bonds. The summed E-state index contributed by atoms with van der Waals surface area (Å²) < 4.78 is 6.32. The second kappa shape index (κ2) is 9.25. The average molecular weight is 433 g/mol. The van der Waals surface area contributed by atoms with Gasteiger partial charge in [0.05, 0.1) is 17.8 Å². The minimum Gasteiger partial charge on any atom is -0.507 e. The molecule has 162 valence electrons. The molecule has 4 rings (SSSR count). The van der Waals surface area contributed by atoms with Crippen molar-refractivity contribution < 1.29 is 19.7 Å². The van der Waals surface area contributed by atoms with Crippen LogP contribution >= 0.6 is 12.4 Å². The van der Waals surface area contributed by atoms with E-state index in [-0.39, 0.29) is 36.3 Å². The highest BCUT2D eigenvalue weighted by molar-refractivity contribution is 5.96. The number of benzene rings is 2. The van der Waals surface area contributed by atoms with Crippen LogP contribution in [0.15, 0.2) is 36.4 Å². The Morgan fingerprint density at radius 2 is 1.87 bits per heavy atom. The molecule has 0 unspecified atom stereocenters. The first kappa shape index (κ1) is 22.4. The molecular weight excluding hydrogens is 404 g/mol. The van der Waals surface area contributed by atoms with Gasteiger partial charge < -0.3 is 25.6 Å². The van der Waals surface area contributed by atoms with E-state index < -0.39 is 0 Å². The maximum absolute atomic E-state index is 12.7. The number of rotatable bonds is 3. The number of ether oxygens (including phenoxy) is 1. The summed E-state index contributed by atoms with van der Waals surface area (Å²) in [6.07, 6.45) is 2.08. The predicted octanol–water partition coefficient (Wildman–Crippen LogP) is 3.32. The lowest BCUT2D eigenvalue weighted by molar-refractivity contribution is -0.0632. The van der Waals surface area contributed by atoms with Crippen LogP contribution in [0.2, 0.25) is 0 Å². The van der Waals surface area contributed by atoms with Crippen LogP contribution in [0.5, 0.6) is 11.5 Å². The maximum atomic E-state index is 12.7. The number of aromatic hydroxyl groups is 2. The highest BCUT2D eigenvalue weighted by Gasteiger charge is 2.36. The highest BCUT2D eigenvalue weighted by atomic mass is 35.5. The van der Waals surface area contributed by atoms with Crippen molar-refractivity contribution >= 4 is 18.3 Å². The number of hydrogen-bond acceptors (Lipinski definition) is 5. The largest absolute Gasteiger partial charge is 0.507 e. The lowest BCUT2D eigenvalue weighted by atomic mass is 9.83. The Kier molecular flexibility index (Phi) is 6.91. The second-order valence-electron chi connectivity index (χ2n) is 8.05. The molecule has 2 atom stereocenters. The van der Waals surface area contributed by atoms with Crippen LogP contribution < -0.4 is 5.73 Å². The zero-order valence-corrected chi connectivity index (χ0v) is 17.9. The van der Waals surface area contributed by atoms with Crippen molar-refractivity contribution in [1.82, 2.24) is 4.90 Å². The zero-order valence-electron chi connectivity index (χ0n) is 17.1. The SMILES string of the molecule is Cc1ccc2c(c1O)C[C@@H](C1CCN(C(=O)c3ccccc3O)CC1)O[C@H]2CN.Cl. The molecule has 0 saturated carbocycles. The molecule has 2 heterocycles. The summed E-state index contributed by atoms with van der Waals surface area (Å²) in [6.45, 7) is 3.52. The maximum Gasteiger partial charge on any atom is 0.257 e. The fraction of sp³-hybridized carbons (Fsp3) is 0.435. The number of carbonyl (C=O) groups excluding carboxylic acids is 1. The van der Waals surface area contributed by atoms with Crippen molar-refractivity contribution in [3.8, 4) is 11.5 Å². The molecule has 2 aliphatic heterocycles. The van der Waals surface area contributed by atoms with Crippen LogP contribution in [-0.2, 0) is 11.2 Å². The number of hydrogen-bond donors (Lipinski definition) is 3. The van der Waals surface area contributed by atoms with Crippen molar-refractivity contribution in [2.45, 2.75) is 38.4 Å². The number of aryl methyl sites for hydroxylation is 1. The summed E-state index contributed by atoms with van der Waals surface area (Å²) in [7, 11) is 0. The Bertz CT molecular complexity index is 912. The Hall–Kier alpha value is -2.28. The van der Waals surface area contributed by atoms with E-state index in [0.29, 0.717) is 43.3 Å². The Labute approximate surface area is 183 Å². The van der Waals surface area contributed by atoms with Crippen LogP contribution in [0.3, 0.4) is 0 Å². The number of nitrogens with two attached hydrogens (primary N) is 1. The summed E-state index contributed by atoms with van der Waals surface area (Å²) in [5.74, 6) is 0.528.